The van der Waals surface area contributed by atoms with Gasteiger partial charge in [0.05, 0.1) is 6.04 Å². The van der Waals surface area contributed by atoms with Gasteiger partial charge in [-0.25, -0.2) is 13.8 Å². The number of carbonyl (C=O) groups excluding carboxylic acids is 3. The van der Waals surface area contributed by atoms with Crippen molar-refractivity contribution in [2.45, 2.75) is 31.8 Å². The van der Waals surface area contributed by atoms with Crippen LogP contribution in [-0.4, -0.2) is 34.7 Å². The molecule has 0 aliphatic heterocycles. The minimum Gasteiger partial charge on any atom is -0.434 e. The van der Waals surface area contributed by atoms with E-state index >= 15 is 0 Å². The second-order valence-electron chi connectivity index (χ2n) is 9.84. The van der Waals surface area contributed by atoms with Crippen molar-refractivity contribution in [1.82, 2.24) is 15.6 Å². The van der Waals surface area contributed by atoms with Gasteiger partial charge >= 0.3 is 0 Å². The highest BCUT2D eigenvalue weighted by atomic mass is 35.5. The maximum absolute atomic E-state index is 14.6. The second-order valence-corrected chi connectivity index (χ2v) is 10.3. The van der Waals surface area contributed by atoms with Crippen LogP contribution in [0.1, 0.15) is 40.0 Å². The van der Waals surface area contributed by atoms with E-state index in [1.807, 2.05) is 12.1 Å². The number of fused-ring (bicyclic) bond motifs is 1. The summed E-state index contributed by atoms with van der Waals surface area (Å²) in [6, 6.07) is 21.5. The number of amides is 2. The SMILES string of the molecule is CC[C@H](NC(=O)C(Cc1c(F)cccc1F)NC(=O)c1ccc(-c2cccc(Cl)c2)cc1)C(=O)c1nc2ccccc2o1. The largest absolute Gasteiger partial charge is 0.434 e. The maximum atomic E-state index is 14.6. The van der Waals surface area contributed by atoms with Crippen LogP contribution in [0.25, 0.3) is 22.2 Å². The molecule has 0 radical (unpaired) electrons. The zero-order valence-corrected chi connectivity index (χ0v) is 23.7. The number of carbonyl (C=O) groups is 3. The molecule has 2 N–H and O–H groups in total. The summed E-state index contributed by atoms with van der Waals surface area (Å²) in [6.45, 7) is 1.68. The van der Waals surface area contributed by atoms with Gasteiger partial charge in [-0.05, 0) is 66.1 Å². The number of ketones is 1. The van der Waals surface area contributed by atoms with Crippen LogP contribution < -0.4 is 10.6 Å². The van der Waals surface area contributed by atoms with Crippen molar-refractivity contribution in [3.05, 3.63) is 125 Å². The van der Waals surface area contributed by atoms with Gasteiger partial charge in [-0.2, -0.15) is 0 Å². The standard InChI is InChI=1S/C33H26ClF2N3O4/c1-2-26(30(40)33-39-27-11-3-4-12-29(27)43-33)37-32(42)28(18-23-24(35)9-6-10-25(23)36)38-31(41)20-15-13-19(14-16-20)21-7-5-8-22(34)17-21/h3-17,26,28H,2,18H2,1H3,(H,37,42)(H,38,41)/t26-,28?/m0/s1. The average molecular weight is 602 g/mol. The summed E-state index contributed by atoms with van der Waals surface area (Å²) in [5.41, 5.74) is 2.39. The van der Waals surface area contributed by atoms with Gasteiger partial charge in [0.2, 0.25) is 11.7 Å². The number of benzene rings is 4. The van der Waals surface area contributed by atoms with Crippen molar-refractivity contribution >= 4 is 40.3 Å². The van der Waals surface area contributed by atoms with Gasteiger partial charge in [-0.3, -0.25) is 14.4 Å². The summed E-state index contributed by atoms with van der Waals surface area (Å²) in [6.07, 6.45) is -0.326. The number of halogens is 3. The third kappa shape index (κ3) is 6.79. The molecule has 1 unspecified atom stereocenters. The number of hydrogen-bond donors (Lipinski definition) is 2. The van der Waals surface area contributed by atoms with E-state index in [4.69, 9.17) is 16.0 Å². The second kappa shape index (κ2) is 13.0. The molecule has 2 amide bonds. The number of nitrogens with one attached hydrogen (secondary N) is 2. The lowest BCUT2D eigenvalue weighted by atomic mass is 10.0. The number of oxazole rings is 1. The molecule has 0 fully saturated rings. The van der Waals surface area contributed by atoms with Gasteiger partial charge in [-0.1, -0.05) is 61.0 Å². The third-order valence-electron chi connectivity index (χ3n) is 6.94. The molecule has 2 atom stereocenters. The Morgan fingerprint density at radius 2 is 1.53 bits per heavy atom. The normalized spacial score (nSPS) is 12.5. The molecule has 5 rings (SSSR count). The lowest BCUT2D eigenvalue weighted by Crippen LogP contribution is -2.52. The fourth-order valence-electron chi connectivity index (χ4n) is 4.62. The van der Waals surface area contributed by atoms with Crippen molar-refractivity contribution in [3.8, 4) is 11.1 Å². The molecule has 0 saturated heterocycles. The van der Waals surface area contributed by atoms with Gasteiger partial charge < -0.3 is 15.1 Å². The molecule has 5 aromatic rings. The van der Waals surface area contributed by atoms with Crippen molar-refractivity contribution in [2.75, 3.05) is 0 Å². The maximum Gasteiger partial charge on any atom is 0.266 e. The monoisotopic (exact) mass is 601 g/mol. The minimum absolute atomic E-state index is 0.170. The number of rotatable bonds is 10. The predicted octanol–water partition coefficient (Wildman–Crippen LogP) is 6.55. The van der Waals surface area contributed by atoms with E-state index in [9.17, 15) is 23.2 Å². The predicted molar refractivity (Wildman–Crippen MR) is 159 cm³/mol. The van der Waals surface area contributed by atoms with Crippen LogP contribution in [-0.2, 0) is 11.2 Å². The molecule has 218 valence electrons. The van der Waals surface area contributed by atoms with Crippen LogP contribution >= 0.6 is 11.6 Å². The van der Waals surface area contributed by atoms with E-state index in [1.165, 1.54) is 6.07 Å². The van der Waals surface area contributed by atoms with Gasteiger partial charge in [0, 0.05) is 22.6 Å². The first-order chi connectivity index (χ1) is 20.7. The number of nitrogens with zero attached hydrogens (tertiary/aromatic N) is 1. The molecule has 0 aliphatic carbocycles. The molecule has 10 heteroatoms. The lowest BCUT2D eigenvalue weighted by molar-refractivity contribution is -0.123. The molecular weight excluding hydrogens is 576 g/mol. The Bertz CT molecular complexity index is 1750. The highest BCUT2D eigenvalue weighted by Gasteiger charge is 2.30. The van der Waals surface area contributed by atoms with Crippen molar-refractivity contribution in [1.29, 1.82) is 0 Å². The Hall–Kier alpha value is -4.89. The molecule has 0 saturated carbocycles. The zero-order chi connectivity index (χ0) is 30.5. The third-order valence-corrected chi connectivity index (χ3v) is 7.18. The molecule has 1 heterocycles. The minimum atomic E-state index is -1.42. The summed E-state index contributed by atoms with van der Waals surface area (Å²) in [4.78, 5) is 44.1. The summed E-state index contributed by atoms with van der Waals surface area (Å²) in [5.74, 6) is -3.95. The van der Waals surface area contributed by atoms with Crippen LogP contribution in [0.15, 0.2) is 95.4 Å². The number of para-hydroxylation sites is 2. The Morgan fingerprint density at radius 1 is 0.837 bits per heavy atom. The zero-order valence-electron chi connectivity index (χ0n) is 22.9. The van der Waals surface area contributed by atoms with E-state index in [-0.39, 0.29) is 23.4 Å². The molecule has 43 heavy (non-hydrogen) atoms. The van der Waals surface area contributed by atoms with Crippen LogP contribution in [0.2, 0.25) is 5.02 Å². The molecule has 0 bridgehead atoms. The molecule has 7 nitrogen and oxygen atoms in total. The van der Waals surface area contributed by atoms with Crippen LogP contribution in [0.4, 0.5) is 8.78 Å². The number of hydrogen-bond acceptors (Lipinski definition) is 5. The summed E-state index contributed by atoms with van der Waals surface area (Å²) in [5, 5.41) is 5.74. The van der Waals surface area contributed by atoms with Gasteiger partial charge in [0.25, 0.3) is 11.8 Å². The van der Waals surface area contributed by atoms with Gasteiger partial charge in [0.15, 0.2) is 5.58 Å². The Balaban J connectivity index is 1.37. The van der Waals surface area contributed by atoms with E-state index in [0.29, 0.717) is 16.1 Å². The Labute approximate surface area is 250 Å². The molecule has 0 spiro atoms. The quantitative estimate of drug-likeness (QED) is 0.177. The first-order valence-corrected chi connectivity index (χ1v) is 13.9. The van der Waals surface area contributed by atoms with Crippen LogP contribution in [0, 0.1) is 11.6 Å². The van der Waals surface area contributed by atoms with E-state index in [2.05, 4.69) is 15.6 Å². The van der Waals surface area contributed by atoms with Crippen LogP contribution in [0.3, 0.4) is 0 Å². The van der Waals surface area contributed by atoms with Gasteiger partial charge in [-0.15, -0.1) is 0 Å². The van der Waals surface area contributed by atoms with E-state index in [0.717, 1.165) is 23.3 Å². The van der Waals surface area contributed by atoms with Crippen molar-refractivity contribution in [2.24, 2.45) is 0 Å². The molecule has 1 aromatic heterocycles. The first-order valence-electron chi connectivity index (χ1n) is 13.5. The highest BCUT2D eigenvalue weighted by Crippen LogP contribution is 2.23. The van der Waals surface area contributed by atoms with E-state index in [1.54, 1.807) is 67.6 Å². The van der Waals surface area contributed by atoms with Crippen molar-refractivity contribution < 1.29 is 27.6 Å². The summed E-state index contributed by atoms with van der Waals surface area (Å²) >= 11 is 6.09. The lowest BCUT2D eigenvalue weighted by Gasteiger charge is -2.22. The topological polar surface area (TPSA) is 101 Å². The average Bonchev–Trinajstić information content (AvgIpc) is 3.45. The fourth-order valence-corrected chi connectivity index (χ4v) is 4.81. The van der Waals surface area contributed by atoms with Gasteiger partial charge in [0.1, 0.15) is 23.2 Å². The first kappa shape index (κ1) is 29.6. The fraction of sp³-hybridized carbons (Fsp3) is 0.152. The number of Topliss-reactive ketones (excluding diaryl/α,β-unsaturated/α-hetero) is 1. The Kier molecular flexibility index (Phi) is 8.92. The smallest absolute Gasteiger partial charge is 0.266 e. The summed E-state index contributed by atoms with van der Waals surface area (Å²) in [7, 11) is 0. The highest BCUT2D eigenvalue weighted by molar-refractivity contribution is 6.30. The molecule has 0 aliphatic rings. The van der Waals surface area contributed by atoms with E-state index < -0.39 is 47.7 Å². The Morgan fingerprint density at radius 3 is 2.21 bits per heavy atom. The molecular formula is C33H26ClF2N3O4. The van der Waals surface area contributed by atoms with Crippen molar-refractivity contribution in [3.63, 3.8) is 0 Å². The van der Waals surface area contributed by atoms with Crippen LogP contribution in [0.5, 0.6) is 0 Å². The number of aromatic nitrogens is 1. The summed E-state index contributed by atoms with van der Waals surface area (Å²) < 4.78 is 34.7. The molecule has 4 aromatic carbocycles.